The van der Waals surface area contributed by atoms with Crippen LogP contribution in [0.4, 0.5) is 4.79 Å². The van der Waals surface area contributed by atoms with Crippen LogP contribution < -0.4 is 10.1 Å². The van der Waals surface area contributed by atoms with Gasteiger partial charge >= 0.3 is 24.0 Å². The van der Waals surface area contributed by atoms with Crippen LogP contribution >= 0.6 is 0 Å². The molecule has 0 aliphatic carbocycles. The molecular formula is C58H71N5O12. The molecule has 1 aliphatic rings. The van der Waals surface area contributed by atoms with Gasteiger partial charge in [-0.15, -0.1) is 0 Å². The first-order valence-electron chi connectivity index (χ1n) is 25.5. The van der Waals surface area contributed by atoms with Crippen molar-refractivity contribution in [1.29, 1.82) is 0 Å². The van der Waals surface area contributed by atoms with Gasteiger partial charge in [0.15, 0.2) is 18.3 Å². The molecule has 2 N–H and O–H groups in total. The van der Waals surface area contributed by atoms with E-state index in [-0.39, 0.29) is 38.8 Å². The molecule has 1 saturated heterocycles. The van der Waals surface area contributed by atoms with E-state index in [9.17, 15) is 28.8 Å². The molecule has 1 fully saturated rings. The lowest BCUT2D eigenvalue weighted by Crippen LogP contribution is -2.57. The zero-order valence-electron chi connectivity index (χ0n) is 44.4. The molecule has 6 atom stereocenters. The number of para-hydroxylation sites is 1. The van der Waals surface area contributed by atoms with Crippen molar-refractivity contribution in [2.24, 2.45) is 17.8 Å². The average molecular weight is 1030 g/mol. The topological polar surface area (TPSA) is 203 Å². The van der Waals surface area contributed by atoms with Crippen molar-refractivity contribution in [3.63, 3.8) is 0 Å². The van der Waals surface area contributed by atoms with Crippen LogP contribution in [0, 0.1) is 17.8 Å². The summed E-state index contributed by atoms with van der Waals surface area (Å²) in [6, 6.07) is 29.2. The molecule has 0 unspecified atom stereocenters. The van der Waals surface area contributed by atoms with Gasteiger partial charge in [-0.2, -0.15) is 0 Å². The minimum Gasteiger partial charge on any atom is -0.489 e. The molecule has 17 heteroatoms. The number of H-pyrrole nitrogens is 1. The predicted molar refractivity (Wildman–Crippen MR) is 281 cm³/mol. The Kier molecular flexibility index (Phi) is 20.0. The van der Waals surface area contributed by atoms with Crippen LogP contribution in [0.25, 0.3) is 10.9 Å². The highest BCUT2D eigenvalue weighted by molar-refractivity contribution is 5.94. The fourth-order valence-corrected chi connectivity index (χ4v) is 8.95. The van der Waals surface area contributed by atoms with Gasteiger partial charge in [-0.25, -0.2) is 19.2 Å². The summed E-state index contributed by atoms with van der Waals surface area (Å²) in [5.41, 5.74) is 3.78. The first-order chi connectivity index (χ1) is 35.8. The number of carbonyl (C=O) groups is 7. The molecule has 1 aliphatic heterocycles. The number of likely N-dealkylation sites (N-methyl/N-ethyl adjacent to an activating group) is 3. The number of nitrogens with zero attached hydrogens (tertiary/aromatic N) is 3. The van der Waals surface area contributed by atoms with Crippen molar-refractivity contribution in [2.45, 2.75) is 117 Å². The zero-order valence-corrected chi connectivity index (χ0v) is 44.4. The molecule has 4 amide bonds. The zero-order chi connectivity index (χ0) is 54.3. The fourth-order valence-electron chi connectivity index (χ4n) is 8.95. The Morgan fingerprint density at radius 3 is 1.73 bits per heavy atom. The third kappa shape index (κ3) is 15.0. The fraction of sp³-hybridized carbons (Fsp3) is 0.431. The predicted octanol–water partition coefficient (Wildman–Crippen LogP) is 7.44. The van der Waals surface area contributed by atoms with Gasteiger partial charge in [-0.3, -0.25) is 14.4 Å². The number of benzene rings is 4. The highest BCUT2D eigenvalue weighted by atomic mass is 16.6. The summed E-state index contributed by atoms with van der Waals surface area (Å²) in [6.07, 6.45) is -3.67. The second kappa shape index (κ2) is 26.5. The largest absolute Gasteiger partial charge is 0.489 e. The number of nitrogens with one attached hydrogen (secondary N) is 2. The molecule has 0 saturated carbocycles. The van der Waals surface area contributed by atoms with Crippen LogP contribution in [-0.4, -0.2) is 126 Å². The van der Waals surface area contributed by atoms with E-state index in [2.05, 4.69) is 10.3 Å². The number of carbonyl (C=O) groups excluding carboxylic acids is 7. The number of aromatic nitrogens is 1. The van der Waals surface area contributed by atoms with E-state index in [0.717, 1.165) is 26.9 Å². The van der Waals surface area contributed by atoms with E-state index in [1.54, 1.807) is 72.0 Å². The van der Waals surface area contributed by atoms with Crippen molar-refractivity contribution in [3.8, 4) is 5.75 Å². The van der Waals surface area contributed by atoms with Gasteiger partial charge in [0.2, 0.25) is 0 Å². The first-order valence-corrected chi connectivity index (χ1v) is 25.5. The summed E-state index contributed by atoms with van der Waals surface area (Å²) in [4.78, 5) is 108. The number of cyclic esters (lactones) is 3. The Morgan fingerprint density at radius 1 is 0.587 bits per heavy atom. The van der Waals surface area contributed by atoms with Crippen LogP contribution in [0.1, 0.15) is 76.6 Å². The summed E-state index contributed by atoms with van der Waals surface area (Å²) in [5.74, 6) is -6.18. The molecule has 75 heavy (non-hydrogen) atoms. The van der Waals surface area contributed by atoms with Gasteiger partial charge in [0, 0.05) is 57.6 Å². The maximum absolute atomic E-state index is 15.2. The molecular weight excluding hydrogens is 959 g/mol. The number of amides is 4. The van der Waals surface area contributed by atoms with Crippen molar-refractivity contribution in [2.75, 3.05) is 27.7 Å². The quantitative estimate of drug-likeness (QED) is 0.0563. The van der Waals surface area contributed by atoms with Crippen LogP contribution in [0.3, 0.4) is 0 Å². The Morgan fingerprint density at radius 2 is 1.12 bits per heavy atom. The molecule has 5 aromatic rings. The van der Waals surface area contributed by atoms with E-state index in [0.29, 0.717) is 23.5 Å². The van der Waals surface area contributed by atoms with Gasteiger partial charge in [0.1, 0.15) is 37.1 Å². The summed E-state index contributed by atoms with van der Waals surface area (Å²) in [6.45, 7) is 10.6. The van der Waals surface area contributed by atoms with Crippen molar-refractivity contribution < 1.29 is 57.2 Å². The highest BCUT2D eigenvalue weighted by Crippen LogP contribution is 2.27. The number of hydrogen-bond donors (Lipinski definition) is 2. The van der Waals surface area contributed by atoms with Crippen molar-refractivity contribution >= 4 is 52.6 Å². The van der Waals surface area contributed by atoms with E-state index in [1.165, 1.54) is 30.9 Å². The molecule has 0 bridgehead atoms. The number of ether oxygens (including phenoxy) is 5. The second-order valence-corrected chi connectivity index (χ2v) is 20.0. The van der Waals surface area contributed by atoms with Gasteiger partial charge < -0.3 is 48.7 Å². The van der Waals surface area contributed by atoms with Gasteiger partial charge in [0.05, 0.1) is 0 Å². The van der Waals surface area contributed by atoms with Crippen LogP contribution in [0.15, 0.2) is 115 Å². The summed E-state index contributed by atoms with van der Waals surface area (Å²) >= 11 is 0. The molecule has 6 rings (SSSR count). The molecule has 0 spiro atoms. The number of rotatable bonds is 16. The Bertz CT molecular complexity index is 2730. The number of alkyl carbamates (subject to hydrolysis) is 1. The van der Waals surface area contributed by atoms with Gasteiger partial charge in [-0.05, 0) is 71.0 Å². The summed E-state index contributed by atoms with van der Waals surface area (Å²) in [7, 11) is 4.21. The summed E-state index contributed by atoms with van der Waals surface area (Å²) in [5, 5.41) is 3.46. The maximum atomic E-state index is 15.2. The van der Waals surface area contributed by atoms with Crippen LogP contribution in [0.5, 0.6) is 5.75 Å². The standard InChI is InChI=1S/C58H71N5O12/c1-36(2)49-57(69)75-50(37(3)4)53(65)62(8)47(32-42-33-60-45-24-17-16-23-44(42)45)55(67)73-48(25-18-30-59-58(70)72-35-41-21-14-11-15-22-41)52(64)61(7)46(56(68)74-51(38(5)6)54(66)63(49)9)31-39-26-28-43(29-27-39)71-34-40-19-12-10-13-20-40/h10-17,19-24,26-29,33,36-38,46-51,60H,18,25,30-32,34-35H2,1-9H3,(H,59,70)/t46-,47+,48-,49-,50-,51-/m0/s1. The Balaban J connectivity index is 1.39. The maximum Gasteiger partial charge on any atom is 0.407 e. The molecule has 2 heterocycles. The van der Waals surface area contributed by atoms with Crippen LogP contribution in [-0.2, 0) is 73.8 Å². The van der Waals surface area contributed by atoms with E-state index in [4.69, 9.17) is 23.7 Å². The molecule has 4 aromatic carbocycles. The molecule has 400 valence electrons. The third-order valence-corrected chi connectivity index (χ3v) is 13.3. The minimum atomic E-state index is -1.58. The summed E-state index contributed by atoms with van der Waals surface area (Å²) < 4.78 is 29.8. The lowest BCUT2D eigenvalue weighted by molar-refractivity contribution is -0.179. The Hall–Kier alpha value is -7.69. The van der Waals surface area contributed by atoms with E-state index < -0.39 is 95.9 Å². The first kappa shape index (κ1) is 56.6. The number of esters is 3. The van der Waals surface area contributed by atoms with Crippen molar-refractivity contribution in [1.82, 2.24) is 25.0 Å². The minimum absolute atomic E-state index is 0.00446. The molecule has 1 aromatic heterocycles. The lowest BCUT2D eigenvalue weighted by atomic mass is 9.98. The average Bonchev–Trinajstić information content (AvgIpc) is 3.81. The number of hydrogen-bond acceptors (Lipinski definition) is 12. The monoisotopic (exact) mass is 1030 g/mol. The number of aromatic amines is 1. The SMILES string of the molecule is CC(C)[C@@H]1OC(=O)[C@H](C(C)C)N(C)C(=O)[C@H](C(C)C)OC(=O)[C@H](Cc2ccc(OCc3ccccc3)cc2)N(C)C(=O)[C@H](CCCNC(=O)OCc2ccccc2)OC(=O)[C@@H](Cc2c[nH]c3ccccc23)N(C)C1=O. The van der Waals surface area contributed by atoms with Crippen molar-refractivity contribution in [3.05, 3.63) is 138 Å². The normalized spacial score (nSPS) is 20.7. The number of fused-ring (bicyclic) bond motifs is 1. The molecule has 17 nitrogen and oxygen atoms in total. The smallest absolute Gasteiger partial charge is 0.407 e. The second-order valence-electron chi connectivity index (χ2n) is 20.0. The van der Waals surface area contributed by atoms with Gasteiger partial charge in [0.25, 0.3) is 17.7 Å². The van der Waals surface area contributed by atoms with E-state index >= 15 is 4.79 Å². The Labute approximate surface area is 439 Å². The van der Waals surface area contributed by atoms with Gasteiger partial charge in [-0.1, -0.05) is 133 Å². The van der Waals surface area contributed by atoms with E-state index in [1.807, 2.05) is 84.9 Å². The lowest BCUT2D eigenvalue weighted by Gasteiger charge is -2.37. The third-order valence-electron chi connectivity index (χ3n) is 13.3. The van der Waals surface area contributed by atoms with Crippen LogP contribution in [0.2, 0.25) is 0 Å². The molecule has 0 radical (unpaired) electrons. The highest BCUT2D eigenvalue weighted by Gasteiger charge is 2.44.